The van der Waals surface area contributed by atoms with Gasteiger partial charge in [0.1, 0.15) is 0 Å². The van der Waals surface area contributed by atoms with Crippen LogP contribution in [-0.2, 0) is 10.0 Å². The van der Waals surface area contributed by atoms with Gasteiger partial charge < -0.3 is 10.2 Å². The van der Waals surface area contributed by atoms with Gasteiger partial charge in [-0.1, -0.05) is 13.0 Å². The summed E-state index contributed by atoms with van der Waals surface area (Å²) in [5.74, 6) is 0.580. The van der Waals surface area contributed by atoms with E-state index in [-0.39, 0.29) is 23.2 Å². The molecule has 0 atom stereocenters. The van der Waals surface area contributed by atoms with Crippen LogP contribution in [0.4, 0.5) is 0 Å². The molecule has 6 nitrogen and oxygen atoms in total. The first-order valence-corrected chi connectivity index (χ1v) is 10.4. The summed E-state index contributed by atoms with van der Waals surface area (Å²) < 4.78 is 26.9. The lowest BCUT2D eigenvalue weighted by molar-refractivity contribution is 0.0686. The summed E-state index contributed by atoms with van der Waals surface area (Å²) in [6, 6.07) is 4.76. The van der Waals surface area contributed by atoms with Gasteiger partial charge in [0.2, 0.25) is 10.0 Å². The highest BCUT2D eigenvalue weighted by atomic mass is 35.5. The molecule has 26 heavy (non-hydrogen) atoms. The van der Waals surface area contributed by atoms with E-state index in [0.29, 0.717) is 18.0 Å². The number of nitrogens with one attached hydrogen (secondary N) is 2. The summed E-state index contributed by atoms with van der Waals surface area (Å²) in [7, 11) is -1.61. The number of nitrogens with zero attached hydrogens (tertiary/aromatic N) is 1. The largest absolute Gasteiger partial charge is 0.339 e. The molecular formula is C18H30ClN3O3S. The third-order valence-corrected chi connectivity index (χ3v) is 6.33. The second-order valence-corrected chi connectivity index (χ2v) is 8.37. The molecule has 0 aliphatic carbocycles. The van der Waals surface area contributed by atoms with E-state index >= 15 is 0 Å². The van der Waals surface area contributed by atoms with Gasteiger partial charge in [-0.3, -0.25) is 4.79 Å². The minimum Gasteiger partial charge on any atom is -0.339 e. The lowest BCUT2D eigenvalue weighted by Gasteiger charge is -2.32. The van der Waals surface area contributed by atoms with Crippen molar-refractivity contribution in [3.8, 4) is 0 Å². The number of hydrogen-bond donors (Lipinski definition) is 2. The molecule has 0 unspecified atom stereocenters. The average molecular weight is 404 g/mol. The van der Waals surface area contributed by atoms with E-state index in [1.54, 1.807) is 19.1 Å². The number of sulfonamides is 1. The summed E-state index contributed by atoms with van der Waals surface area (Å²) in [5, 5.41) is 3.17. The minimum absolute atomic E-state index is 0. The Morgan fingerprint density at radius 3 is 2.50 bits per heavy atom. The highest BCUT2D eigenvalue weighted by Crippen LogP contribution is 2.23. The quantitative estimate of drug-likeness (QED) is 0.731. The average Bonchev–Trinajstić information content (AvgIpc) is 2.60. The number of aryl methyl sites for hydroxylation is 1. The van der Waals surface area contributed by atoms with Crippen molar-refractivity contribution in [3.63, 3.8) is 0 Å². The van der Waals surface area contributed by atoms with Gasteiger partial charge in [-0.2, -0.15) is 0 Å². The second kappa shape index (κ2) is 10.3. The third-order valence-electron chi connectivity index (χ3n) is 4.79. The molecule has 0 aromatic heterocycles. The highest BCUT2D eigenvalue weighted by molar-refractivity contribution is 7.89. The lowest BCUT2D eigenvalue weighted by Crippen LogP contribution is -2.39. The maximum atomic E-state index is 12.9. The fourth-order valence-corrected chi connectivity index (χ4v) is 4.28. The van der Waals surface area contributed by atoms with E-state index in [1.807, 2.05) is 18.9 Å². The van der Waals surface area contributed by atoms with Crippen LogP contribution in [0.15, 0.2) is 23.1 Å². The van der Waals surface area contributed by atoms with Crippen molar-refractivity contribution in [2.24, 2.45) is 5.92 Å². The Morgan fingerprint density at radius 2 is 1.92 bits per heavy atom. The molecule has 1 saturated heterocycles. The van der Waals surface area contributed by atoms with Gasteiger partial charge in [-0.15, -0.1) is 12.4 Å². The zero-order chi connectivity index (χ0) is 18.4. The molecule has 148 valence electrons. The Kier molecular flexibility index (Phi) is 9.03. The summed E-state index contributed by atoms with van der Waals surface area (Å²) >= 11 is 0. The van der Waals surface area contributed by atoms with Gasteiger partial charge in [0.15, 0.2) is 0 Å². The van der Waals surface area contributed by atoms with Crippen LogP contribution in [0.5, 0.6) is 0 Å². The normalized spacial score (nSPS) is 15.6. The zero-order valence-corrected chi connectivity index (χ0v) is 17.4. The van der Waals surface area contributed by atoms with Gasteiger partial charge in [0, 0.05) is 25.2 Å². The molecule has 0 saturated carbocycles. The van der Waals surface area contributed by atoms with Crippen molar-refractivity contribution in [2.75, 3.05) is 33.2 Å². The second-order valence-electron chi connectivity index (χ2n) is 6.61. The van der Waals surface area contributed by atoms with E-state index in [9.17, 15) is 13.2 Å². The number of carbonyl (C=O) groups excluding carboxylic acids is 1. The van der Waals surface area contributed by atoms with Crippen LogP contribution in [0.2, 0.25) is 0 Å². The molecule has 2 N–H and O–H groups in total. The van der Waals surface area contributed by atoms with E-state index in [0.717, 1.165) is 44.5 Å². The van der Waals surface area contributed by atoms with Crippen molar-refractivity contribution < 1.29 is 13.2 Å². The SMILES string of the molecule is CCNS(=O)(=O)c1ccc(C)c(C(=O)N2CCC(CCNC)CC2)c1.Cl. The topological polar surface area (TPSA) is 78.5 Å². The van der Waals surface area contributed by atoms with Crippen LogP contribution < -0.4 is 10.0 Å². The summed E-state index contributed by atoms with van der Waals surface area (Å²) in [6.45, 7) is 6.36. The smallest absolute Gasteiger partial charge is 0.254 e. The zero-order valence-electron chi connectivity index (χ0n) is 15.7. The number of hydrogen-bond acceptors (Lipinski definition) is 4. The van der Waals surface area contributed by atoms with E-state index in [1.165, 1.54) is 6.07 Å². The molecular weight excluding hydrogens is 374 g/mol. The van der Waals surface area contributed by atoms with Crippen LogP contribution in [0.1, 0.15) is 42.1 Å². The molecule has 1 aliphatic heterocycles. The Balaban J connectivity index is 0.00000338. The predicted molar refractivity (Wildman–Crippen MR) is 106 cm³/mol. The van der Waals surface area contributed by atoms with Crippen LogP contribution in [-0.4, -0.2) is 52.5 Å². The van der Waals surface area contributed by atoms with E-state index < -0.39 is 10.0 Å². The number of benzene rings is 1. The van der Waals surface area contributed by atoms with Crippen molar-refractivity contribution in [1.29, 1.82) is 0 Å². The molecule has 1 amide bonds. The van der Waals surface area contributed by atoms with Crippen molar-refractivity contribution in [1.82, 2.24) is 14.9 Å². The van der Waals surface area contributed by atoms with Gasteiger partial charge in [-0.25, -0.2) is 13.1 Å². The molecule has 2 rings (SSSR count). The molecule has 1 heterocycles. The lowest BCUT2D eigenvalue weighted by atomic mass is 9.93. The van der Waals surface area contributed by atoms with Gasteiger partial charge in [0.25, 0.3) is 5.91 Å². The maximum absolute atomic E-state index is 12.9. The molecule has 0 spiro atoms. The van der Waals surface area contributed by atoms with E-state index in [2.05, 4.69) is 10.0 Å². The molecule has 1 aromatic rings. The fraction of sp³-hybridized carbons (Fsp3) is 0.611. The molecule has 0 radical (unpaired) electrons. The predicted octanol–water partition coefficient (Wildman–Crippen LogP) is 2.18. The monoisotopic (exact) mass is 403 g/mol. The number of likely N-dealkylation sites (tertiary alicyclic amines) is 1. The van der Waals surface area contributed by atoms with Crippen molar-refractivity contribution in [2.45, 2.75) is 38.0 Å². The Hall–Kier alpha value is -1.15. The standard InChI is InChI=1S/C18H29N3O3S.ClH/c1-4-20-25(23,24)16-6-5-14(2)17(13-16)18(22)21-11-8-15(9-12-21)7-10-19-3;/h5-6,13,15,19-20H,4,7-12H2,1-3H3;1H. The fourth-order valence-electron chi connectivity index (χ4n) is 3.22. The molecule has 1 aliphatic rings. The molecule has 1 aromatic carbocycles. The van der Waals surface area contributed by atoms with E-state index in [4.69, 9.17) is 0 Å². The highest BCUT2D eigenvalue weighted by Gasteiger charge is 2.25. The number of halogens is 1. The Bertz CT molecular complexity index is 702. The van der Waals surface area contributed by atoms with Crippen LogP contribution >= 0.6 is 12.4 Å². The first-order chi connectivity index (χ1) is 11.9. The van der Waals surface area contributed by atoms with Crippen LogP contribution in [0, 0.1) is 12.8 Å². The summed E-state index contributed by atoms with van der Waals surface area (Å²) in [5.41, 5.74) is 1.28. The maximum Gasteiger partial charge on any atom is 0.254 e. The van der Waals surface area contributed by atoms with Gasteiger partial charge >= 0.3 is 0 Å². The van der Waals surface area contributed by atoms with Gasteiger partial charge in [-0.05, 0) is 63.4 Å². The van der Waals surface area contributed by atoms with Crippen LogP contribution in [0.25, 0.3) is 0 Å². The Labute approximate surface area is 163 Å². The first-order valence-electron chi connectivity index (χ1n) is 8.93. The van der Waals surface area contributed by atoms with Crippen molar-refractivity contribution in [3.05, 3.63) is 29.3 Å². The number of amides is 1. The number of carbonyl (C=O) groups is 1. The number of rotatable bonds is 7. The third kappa shape index (κ3) is 5.67. The molecule has 1 fully saturated rings. The molecule has 0 bridgehead atoms. The number of piperidine rings is 1. The first kappa shape index (κ1) is 22.9. The van der Waals surface area contributed by atoms with Gasteiger partial charge in [0.05, 0.1) is 4.90 Å². The molecule has 8 heteroatoms. The minimum atomic E-state index is -3.56. The Morgan fingerprint density at radius 1 is 1.27 bits per heavy atom. The summed E-state index contributed by atoms with van der Waals surface area (Å²) in [6.07, 6.45) is 3.14. The van der Waals surface area contributed by atoms with Crippen LogP contribution in [0.3, 0.4) is 0 Å². The van der Waals surface area contributed by atoms with Crippen molar-refractivity contribution >= 4 is 28.3 Å². The summed E-state index contributed by atoms with van der Waals surface area (Å²) in [4.78, 5) is 14.9.